The summed E-state index contributed by atoms with van der Waals surface area (Å²) in [4.78, 5) is 25.3. The maximum Gasteiger partial charge on any atom is 0.277 e. The fourth-order valence-electron chi connectivity index (χ4n) is 4.36. The molecular formula is C26H28N4O4. The first-order valence-electron chi connectivity index (χ1n) is 11.5. The van der Waals surface area contributed by atoms with Crippen molar-refractivity contribution in [2.45, 2.75) is 38.1 Å². The van der Waals surface area contributed by atoms with E-state index in [-0.39, 0.29) is 12.3 Å². The number of nitro benzene ring substituents is 1. The molecule has 0 unspecified atom stereocenters. The average molecular weight is 461 g/mol. The molecule has 0 aliphatic heterocycles. The molecule has 3 aromatic rings. The largest absolute Gasteiger partial charge is 0.484 e. The Bertz CT molecular complexity index is 1200. The number of hydrazone groups is 1. The van der Waals surface area contributed by atoms with Crippen LogP contribution in [0.5, 0.6) is 5.75 Å². The van der Waals surface area contributed by atoms with E-state index in [1.165, 1.54) is 37.6 Å². The number of rotatable bonds is 8. The molecule has 1 saturated carbocycles. The highest BCUT2D eigenvalue weighted by atomic mass is 16.6. The molecule has 8 heteroatoms. The molecule has 8 nitrogen and oxygen atoms in total. The van der Waals surface area contributed by atoms with Gasteiger partial charge in [0.15, 0.2) is 6.61 Å². The quantitative estimate of drug-likeness (QED) is 0.288. The van der Waals surface area contributed by atoms with Crippen LogP contribution in [0.15, 0.2) is 65.8 Å². The standard InChI is InChI=1S/C26H28N4O4/c1-29(22-9-3-2-4-10-22)25-14-12-23(30(32)33)15-21(25)17-27-28-26(31)18-34-24-13-11-19-7-5-6-8-20(19)16-24/h5-8,11-17,22H,2-4,9-10,18H2,1H3,(H,28,31)/b27-17+. The van der Waals surface area contributed by atoms with E-state index in [2.05, 4.69) is 15.4 Å². The number of hydrogen-bond donors (Lipinski definition) is 1. The summed E-state index contributed by atoms with van der Waals surface area (Å²) in [7, 11) is 2.00. The van der Waals surface area contributed by atoms with Gasteiger partial charge in [0, 0.05) is 36.5 Å². The minimum absolute atomic E-state index is 0.0202. The number of carbonyl (C=O) groups is 1. The van der Waals surface area contributed by atoms with Crippen LogP contribution >= 0.6 is 0 Å². The third-order valence-corrected chi connectivity index (χ3v) is 6.21. The van der Waals surface area contributed by atoms with Crippen molar-refractivity contribution in [3.8, 4) is 5.75 Å². The topological polar surface area (TPSA) is 97.1 Å². The summed E-state index contributed by atoms with van der Waals surface area (Å²) >= 11 is 0. The Kier molecular flexibility index (Phi) is 7.37. The van der Waals surface area contributed by atoms with Gasteiger partial charge in [-0.15, -0.1) is 0 Å². The Morgan fingerprint density at radius 2 is 1.88 bits per heavy atom. The van der Waals surface area contributed by atoms with Crippen molar-refractivity contribution in [2.75, 3.05) is 18.6 Å². The molecule has 176 valence electrons. The van der Waals surface area contributed by atoms with Gasteiger partial charge in [-0.1, -0.05) is 49.6 Å². The van der Waals surface area contributed by atoms with Crippen LogP contribution in [0.1, 0.15) is 37.7 Å². The Balaban J connectivity index is 1.41. The highest BCUT2D eigenvalue weighted by Gasteiger charge is 2.21. The molecule has 0 radical (unpaired) electrons. The van der Waals surface area contributed by atoms with Crippen LogP contribution in [-0.2, 0) is 4.79 Å². The van der Waals surface area contributed by atoms with Gasteiger partial charge in [-0.2, -0.15) is 5.10 Å². The lowest BCUT2D eigenvalue weighted by Gasteiger charge is -2.33. The first-order valence-corrected chi connectivity index (χ1v) is 11.5. The van der Waals surface area contributed by atoms with Crippen LogP contribution < -0.4 is 15.1 Å². The zero-order valence-corrected chi connectivity index (χ0v) is 19.1. The van der Waals surface area contributed by atoms with Crippen molar-refractivity contribution in [1.82, 2.24) is 5.43 Å². The molecule has 1 aliphatic carbocycles. The monoisotopic (exact) mass is 460 g/mol. The highest BCUT2D eigenvalue weighted by molar-refractivity contribution is 5.90. The average Bonchev–Trinajstić information content (AvgIpc) is 2.87. The summed E-state index contributed by atoms with van der Waals surface area (Å²) in [5.74, 6) is 0.171. The second-order valence-corrected chi connectivity index (χ2v) is 8.49. The molecule has 4 rings (SSSR count). The SMILES string of the molecule is CN(c1ccc([N+](=O)[O-])cc1/C=N/NC(=O)COc1ccc2ccccc2c1)C1CCCCC1. The fourth-order valence-corrected chi connectivity index (χ4v) is 4.36. The Morgan fingerprint density at radius 3 is 2.65 bits per heavy atom. The van der Waals surface area contributed by atoms with Gasteiger partial charge < -0.3 is 9.64 Å². The van der Waals surface area contributed by atoms with Gasteiger partial charge in [-0.3, -0.25) is 14.9 Å². The Morgan fingerprint density at radius 1 is 1.12 bits per heavy atom. The number of benzene rings is 3. The van der Waals surface area contributed by atoms with Crippen LogP contribution in [-0.4, -0.2) is 36.7 Å². The van der Waals surface area contributed by atoms with Gasteiger partial charge >= 0.3 is 0 Å². The third kappa shape index (κ3) is 5.70. The number of amides is 1. The van der Waals surface area contributed by atoms with E-state index in [0.29, 0.717) is 17.4 Å². The number of ether oxygens (including phenoxy) is 1. The van der Waals surface area contributed by atoms with Gasteiger partial charge in [0.05, 0.1) is 11.1 Å². The third-order valence-electron chi connectivity index (χ3n) is 6.21. The van der Waals surface area contributed by atoms with E-state index in [1.54, 1.807) is 6.07 Å². The van der Waals surface area contributed by atoms with Crippen LogP contribution in [0.2, 0.25) is 0 Å². The molecule has 0 spiro atoms. The first-order chi connectivity index (χ1) is 16.5. The van der Waals surface area contributed by atoms with Gasteiger partial charge in [-0.05, 0) is 41.8 Å². The molecule has 1 aliphatic rings. The minimum atomic E-state index is -0.433. The number of hydrogen-bond acceptors (Lipinski definition) is 6. The second kappa shape index (κ2) is 10.8. The Hall–Kier alpha value is -3.94. The second-order valence-electron chi connectivity index (χ2n) is 8.49. The number of fused-ring (bicyclic) bond motifs is 1. The van der Waals surface area contributed by atoms with Gasteiger partial charge in [0.2, 0.25) is 0 Å². The molecule has 3 aromatic carbocycles. The van der Waals surface area contributed by atoms with Gasteiger partial charge in [0.25, 0.3) is 11.6 Å². The molecule has 34 heavy (non-hydrogen) atoms. The molecule has 0 atom stereocenters. The Labute approximate surface area is 198 Å². The molecule has 1 amide bonds. The van der Waals surface area contributed by atoms with Crippen molar-refractivity contribution in [2.24, 2.45) is 5.10 Å². The number of nitrogens with zero attached hydrogens (tertiary/aromatic N) is 3. The lowest BCUT2D eigenvalue weighted by atomic mass is 9.94. The smallest absolute Gasteiger partial charge is 0.277 e. The molecule has 1 N–H and O–H groups in total. The van der Waals surface area contributed by atoms with Crippen LogP contribution in [0.4, 0.5) is 11.4 Å². The predicted octanol–water partition coefficient (Wildman–Crippen LogP) is 5.05. The molecule has 0 saturated heterocycles. The van der Waals surface area contributed by atoms with E-state index in [4.69, 9.17) is 4.74 Å². The van der Waals surface area contributed by atoms with Crippen molar-refractivity contribution < 1.29 is 14.5 Å². The summed E-state index contributed by atoms with van der Waals surface area (Å²) in [6.07, 6.45) is 7.24. The zero-order valence-electron chi connectivity index (χ0n) is 19.1. The fraction of sp³-hybridized carbons (Fsp3) is 0.308. The van der Waals surface area contributed by atoms with E-state index >= 15 is 0 Å². The lowest BCUT2D eigenvalue weighted by molar-refractivity contribution is -0.384. The van der Waals surface area contributed by atoms with Crippen LogP contribution in [0, 0.1) is 10.1 Å². The predicted molar refractivity (Wildman–Crippen MR) is 134 cm³/mol. The van der Waals surface area contributed by atoms with E-state index < -0.39 is 10.8 Å². The molecule has 0 aromatic heterocycles. The van der Waals surface area contributed by atoms with Gasteiger partial charge in [-0.25, -0.2) is 5.43 Å². The summed E-state index contributed by atoms with van der Waals surface area (Å²) in [5, 5.41) is 17.4. The first kappa shape index (κ1) is 23.2. The number of anilines is 1. The van der Waals surface area contributed by atoms with Crippen molar-refractivity contribution in [3.63, 3.8) is 0 Å². The summed E-state index contributed by atoms with van der Waals surface area (Å²) in [6.45, 7) is -0.195. The zero-order chi connectivity index (χ0) is 23.9. The summed E-state index contributed by atoms with van der Waals surface area (Å²) in [5.41, 5.74) is 3.86. The number of nitro groups is 1. The maximum atomic E-state index is 12.2. The van der Waals surface area contributed by atoms with Crippen molar-refractivity contribution in [3.05, 3.63) is 76.3 Å². The number of nitrogens with one attached hydrogen (secondary N) is 1. The van der Waals surface area contributed by atoms with Crippen LogP contribution in [0.3, 0.4) is 0 Å². The molecule has 0 heterocycles. The number of carbonyl (C=O) groups excluding carboxylic acids is 1. The van der Waals surface area contributed by atoms with E-state index in [1.807, 2.05) is 49.5 Å². The van der Waals surface area contributed by atoms with E-state index in [9.17, 15) is 14.9 Å². The van der Waals surface area contributed by atoms with Crippen molar-refractivity contribution >= 4 is 34.3 Å². The maximum absolute atomic E-state index is 12.2. The molecule has 0 bridgehead atoms. The van der Waals surface area contributed by atoms with Crippen molar-refractivity contribution in [1.29, 1.82) is 0 Å². The molecule has 1 fully saturated rings. The van der Waals surface area contributed by atoms with Gasteiger partial charge in [0.1, 0.15) is 5.75 Å². The molecular weight excluding hydrogens is 432 g/mol. The summed E-state index contributed by atoms with van der Waals surface area (Å²) in [6, 6.07) is 18.6. The number of non-ortho nitro benzene ring substituents is 1. The normalized spacial score (nSPS) is 14.3. The lowest BCUT2D eigenvalue weighted by Crippen LogP contribution is -2.34. The van der Waals surface area contributed by atoms with E-state index in [0.717, 1.165) is 29.3 Å². The van der Waals surface area contributed by atoms with Crippen LogP contribution in [0.25, 0.3) is 10.8 Å². The minimum Gasteiger partial charge on any atom is -0.484 e. The highest BCUT2D eigenvalue weighted by Crippen LogP contribution is 2.30. The summed E-state index contributed by atoms with van der Waals surface area (Å²) < 4.78 is 5.59.